The van der Waals surface area contributed by atoms with Gasteiger partial charge in [0.1, 0.15) is 18.2 Å². The Kier molecular flexibility index (Phi) is 3.59. The first-order chi connectivity index (χ1) is 11.6. The molecule has 4 rings (SSSR count). The zero-order valence-corrected chi connectivity index (χ0v) is 14.0. The summed E-state index contributed by atoms with van der Waals surface area (Å²) >= 11 is 0. The highest BCUT2D eigenvalue weighted by Gasteiger charge is 2.21. The van der Waals surface area contributed by atoms with E-state index >= 15 is 0 Å². The van der Waals surface area contributed by atoms with Crippen LogP contribution in [0.1, 0.15) is 23.8 Å². The Morgan fingerprint density at radius 1 is 1.29 bits per heavy atom. The number of carbonyl (C=O) groups is 1. The number of hydrogen-bond acceptors (Lipinski definition) is 3. The smallest absolute Gasteiger partial charge is 0.240 e. The van der Waals surface area contributed by atoms with Crippen LogP contribution in [0.3, 0.4) is 0 Å². The van der Waals surface area contributed by atoms with Gasteiger partial charge in [-0.15, -0.1) is 0 Å². The summed E-state index contributed by atoms with van der Waals surface area (Å²) in [6.45, 7) is 5.05. The average molecular weight is 323 g/mol. The van der Waals surface area contributed by atoms with Crippen LogP contribution in [0.2, 0.25) is 0 Å². The molecule has 0 radical (unpaired) electrons. The maximum atomic E-state index is 12.5. The van der Waals surface area contributed by atoms with Crippen LogP contribution in [0.5, 0.6) is 0 Å². The fraction of sp³-hybridized carbons (Fsp3) is 0.389. The summed E-state index contributed by atoms with van der Waals surface area (Å²) in [5.41, 5.74) is 2.97. The number of carbonyl (C=O) groups excluding carboxylic acids is 1. The van der Waals surface area contributed by atoms with Gasteiger partial charge in [0.15, 0.2) is 0 Å². The van der Waals surface area contributed by atoms with Crippen molar-refractivity contribution in [2.24, 2.45) is 0 Å². The van der Waals surface area contributed by atoms with E-state index in [9.17, 15) is 4.79 Å². The Balaban J connectivity index is 1.46. The summed E-state index contributed by atoms with van der Waals surface area (Å²) < 4.78 is 4.13. The first-order valence-electron chi connectivity index (χ1n) is 8.34. The molecule has 0 spiro atoms. The first-order valence-corrected chi connectivity index (χ1v) is 8.34. The molecule has 1 amide bonds. The molecule has 1 aliphatic heterocycles. The van der Waals surface area contributed by atoms with Crippen molar-refractivity contribution in [3.63, 3.8) is 0 Å². The number of hydrogen-bond donors (Lipinski definition) is 1. The number of imidazole rings is 2. The molecule has 2 aromatic heterocycles. The SMILES string of the molecule is Cc1cn2c(n1)CC[C@@H](NC(=O)Cn1c(C)nc3ccccc31)C2. The number of aryl methyl sites for hydroxylation is 3. The Bertz CT molecular complexity index is 907. The molecule has 1 atom stereocenters. The summed E-state index contributed by atoms with van der Waals surface area (Å²) in [5, 5.41) is 3.16. The molecule has 3 aromatic rings. The van der Waals surface area contributed by atoms with E-state index in [4.69, 9.17) is 0 Å². The quantitative estimate of drug-likeness (QED) is 0.801. The van der Waals surface area contributed by atoms with Gasteiger partial charge >= 0.3 is 0 Å². The zero-order chi connectivity index (χ0) is 16.7. The average Bonchev–Trinajstić information content (AvgIpc) is 3.06. The van der Waals surface area contributed by atoms with Gasteiger partial charge in [0.25, 0.3) is 0 Å². The number of nitrogens with one attached hydrogen (secondary N) is 1. The van der Waals surface area contributed by atoms with Crippen molar-refractivity contribution in [3.8, 4) is 0 Å². The van der Waals surface area contributed by atoms with Crippen LogP contribution in [0.4, 0.5) is 0 Å². The van der Waals surface area contributed by atoms with E-state index in [0.717, 1.165) is 47.8 Å². The number of aromatic nitrogens is 4. The Morgan fingerprint density at radius 3 is 3.00 bits per heavy atom. The minimum Gasteiger partial charge on any atom is -0.350 e. The van der Waals surface area contributed by atoms with E-state index in [-0.39, 0.29) is 11.9 Å². The lowest BCUT2D eigenvalue weighted by atomic mass is 10.1. The van der Waals surface area contributed by atoms with E-state index in [1.165, 1.54) is 0 Å². The van der Waals surface area contributed by atoms with Gasteiger partial charge in [-0.2, -0.15) is 0 Å². The van der Waals surface area contributed by atoms with Gasteiger partial charge in [0, 0.05) is 25.2 Å². The summed E-state index contributed by atoms with van der Waals surface area (Å²) in [5.74, 6) is 2.02. The second kappa shape index (κ2) is 5.78. The predicted molar refractivity (Wildman–Crippen MR) is 91.7 cm³/mol. The molecule has 0 bridgehead atoms. The third kappa shape index (κ3) is 2.68. The second-order valence-electron chi connectivity index (χ2n) is 6.49. The van der Waals surface area contributed by atoms with Crippen molar-refractivity contribution < 1.29 is 4.79 Å². The molecule has 24 heavy (non-hydrogen) atoms. The van der Waals surface area contributed by atoms with Crippen LogP contribution < -0.4 is 5.32 Å². The third-order valence-electron chi connectivity index (χ3n) is 4.63. The topological polar surface area (TPSA) is 64.7 Å². The Hall–Kier alpha value is -2.63. The molecule has 1 N–H and O–H groups in total. The predicted octanol–water partition coefficient (Wildman–Crippen LogP) is 1.98. The highest BCUT2D eigenvalue weighted by molar-refractivity contribution is 5.81. The number of amides is 1. The highest BCUT2D eigenvalue weighted by atomic mass is 16.2. The number of nitrogens with zero attached hydrogens (tertiary/aromatic N) is 4. The normalized spacial score (nSPS) is 17.0. The molecular formula is C18H21N5O. The van der Waals surface area contributed by atoms with Crippen LogP contribution in [0, 0.1) is 13.8 Å². The van der Waals surface area contributed by atoms with Gasteiger partial charge < -0.3 is 14.5 Å². The lowest BCUT2D eigenvalue weighted by Crippen LogP contribution is -2.42. The third-order valence-corrected chi connectivity index (χ3v) is 4.63. The van der Waals surface area contributed by atoms with Gasteiger partial charge in [0.05, 0.1) is 16.7 Å². The van der Waals surface area contributed by atoms with Crippen LogP contribution >= 0.6 is 0 Å². The Labute approximate surface area is 140 Å². The molecule has 0 saturated heterocycles. The van der Waals surface area contributed by atoms with E-state index in [0.29, 0.717) is 6.54 Å². The molecule has 0 saturated carbocycles. The van der Waals surface area contributed by atoms with Crippen molar-refractivity contribution in [3.05, 3.63) is 47.8 Å². The molecule has 1 aromatic carbocycles. The maximum absolute atomic E-state index is 12.5. The highest BCUT2D eigenvalue weighted by Crippen LogP contribution is 2.17. The molecule has 6 heteroatoms. The van der Waals surface area contributed by atoms with Gasteiger partial charge in [-0.3, -0.25) is 4.79 Å². The monoisotopic (exact) mass is 323 g/mol. The van der Waals surface area contributed by atoms with Crippen molar-refractivity contribution in [1.29, 1.82) is 0 Å². The molecule has 124 valence electrons. The summed E-state index contributed by atoms with van der Waals surface area (Å²) in [7, 11) is 0. The van der Waals surface area contributed by atoms with Crippen LogP contribution in [0.15, 0.2) is 30.5 Å². The standard InChI is InChI=1S/C18H21N5O/c1-12-9-22-10-14(7-8-17(22)19-12)21-18(24)11-23-13(2)20-15-5-3-4-6-16(15)23/h3-6,9,14H,7-8,10-11H2,1-2H3,(H,21,24)/t14-/m1/s1. The van der Waals surface area contributed by atoms with E-state index < -0.39 is 0 Å². The van der Waals surface area contributed by atoms with Crippen molar-refractivity contribution >= 4 is 16.9 Å². The molecular weight excluding hydrogens is 302 g/mol. The fourth-order valence-corrected chi connectivity index (χ4v) is 3.52. The van der Waals surface area contributed by atoms with Crippen molar-refractivity contribution in [1.82, 2.24) is 24.4 Å². The zero-order valence-electron chi connectivity index (χ0n) is 14.0. The van der Waals surface area contributed by atoms with Gasteiger partial charge in [0.2, 0.25) is 5.91 Å². The maximum Gasteiger partial charge on any atom is 0.240 e. The van der Waals surface area contributed by atoms with Gasteiger partial charge in [-0.1, -0.05) is 12.1 Å². The molecule has 1 aliphatic rings. The lowest BCUT2D eigenvalue weighted by molar-refractivity contribution is -0.122. The van der Waals surface area contributed by atoms with Crippen molar-refractivity contribution in [2.45, 2.75) is 45.8 Å². The number of fused-ring (bicyclic) bond motifs is 2. The van der Waals surface area contributed by atoms with Crippen molar-refractivity contribution in [2.75, 3.05) is 0 Å². The molecule has 6 nitrogen and oxygen atoms in total. The summed E-state index contributed by atoms with van der Waals surface area (Å²) in [4.78, 5) is 21.5. The van der Waals surface area contributed by atoms with E-state index in [2.05, 4.69) is 26.0 Å². The number of para-hydroxylation sites is 2. The number of benzene rings is 1. The Morgan fingerprint density at radius 2 is 2.12 bits per heavy atom. The second-order valence-corrected chi connectivity index (χ2v) is 6.49. The first kappa shape index (κ1) is 14.9. The van der Waals surface area contributed by atoms with E-state index in [1.54, 1.807) is 0 Å². The summed E-state index contributed by atoms with van der Waals surface area (Å²) in [6.07, 6.45) is 3.90. The molecule has 0 aliphatic carbocycles. The van der Waals surface area contributed by atoms with Gasteiger partial charge in [-0.05, 0) is 32.4 Å². The molecule has 3 heterocycles. The number of rotatable bonds is 3. The minimum absolute atomic E-state index is 0.0338. The molecule has 0 unspecified atom stereocenters. The minimum atomic E-state index is 0.0338. The fourth-order valence-electron chi connectivity index (χ4n) is 3.52. The van der Waals surface area contributed by atoms with Crippen LogP contribution in [-0.2, 0) is 24.3 Å². The summed E-state index contributed by atoms with van der Waals surface area (Å²) in [6, 6.07) is 8.08. The largest absolute Gasteiger partial charge is 0.350 e. The van der Waals surface area contributed by atoms with Gasteiger partial charge in [-0.25, -0.2) is 9.97 Å². The molecule has 0 fully saturated rings. The van der Waals surface area contributed by atoms with Crippen LogP contribution in [-0.4, -0.2) is 31.1 Å². The lowest BCUT2D eigenvalue weighted by Gasteiger charge is -2.25. The van der Waals surface area contributed by atoms with E-state index in [1.807, 2.05) is 42.7 Å². The van der Waals surface area contributed by atoms with Crippen LogP contribution in [0.25, 0.3) is 11.0 Å².